The molecule has 166 valence electrons. The van der Waals surface area contributed by atoms with E-state index in [1.807, 2.05) is 55.5 Å². The van der Waals surface area contributed by atoms with Crippen LogP contribution in [0.15, 0.2) is 84.0 Å². The van der Waals surface area contributed by atoms with Crippen LogP contribution in [0.3, 0.4) is 0 Å². The van der Waals surface area contributed by atoms with Crippen molar-refractivity contribution in [2.45, 2.75) is 13.5 Å². The summed E-state index contributed by atoms with van der Waals surface area (Å²) in [5, 5.41) is 6.46. The molecule has 0 saturated heterocycles. The third kappa shape index (κ3) is 5.34. The van der Waals surface area contributed by atoms with E-state index < -0.39 is 0 Å². The average Bonchev–Trinajstić information content (AvgIpc) is 2.83. The molecule has 4 aromatic carbocycles. The Kier molecular flexibility index (Phi) is 7.24. The van der Waals surface area contributed by atoms with Gasteiger partial charge in [0.05, 0.1) is 16.9 Å². The first-order valence-corrected chi connectivity index (χ1v) is 11.5. The first-order valence-electron chi connectivity index (χ1n) is 10.4. The Bertz CT molecular complexity index is 1330. The minimum atomic E-state index is -0.249. The van der Waals surface area contributed by atoms with Crippen molar-refractivity contribution in [1.82, 2.24) is 5.43 Å². The van der Waals surface area contributed by atoms with Gasteiger partial charge in [0.15, 0.2) is 11.5 Å². The molecule has 5 nitrogen and oxygen atoms in total. The van der Waals surface area contributed by atoms with Crippen LogP contribution < -0.4 is 14.9 Å². The standard InChI is InChI=1S/C27H23IN2O3/c1-18-8-3-5-12-22(18)27(31)30-29-16-19-14-24(28)26(25(15-19)32-2)33-17-21-11-7-10-20-9-4-6-13-23(20)21/h3-16H,17H2,1-2H3,(H,30,31)/b29-16-. The van der Waals surface area contributed by atoms with Crippen LogP contribution >= 0.6 is 22.6 Å². The van der Waals surface area contributed by atoms with E-state index in [4.69, 9.17) is 9.47 Å². The first kappa shape index (κ1) is 22.8. The van der Waals surface area contributed by atoms with Crippen LogP contribution in [-0.2, 0) is 6.61 Å². The summed E-state index contributed by atoms with van der Waals surface area (Å²) in [5.41, 5.74) is 5.97. The van der Waals surface area contributed by atoms with E-state index in [9.17, 15) is 4.79 Å². The van der Waals surface area contributed by atoms with Crippen molar-refractivity contribution in [3.05, 3.63) is 105 Å². The molecule has 0 aromatic heterocycles. The normalized spacial score (nSPS) is 11.0. The van der Waals surface area contributed by atoms with Crippen LogP contribution in [0.5, 0.6) is 11.5 Å². The molecular weight excluding hydrogens is 527 g/mol. The first-order chi connectivity index (χ1) is 16.1. The van der Waals surface area contributed by atoms with Crippen LogP contribution in [0, 0.1) is 10.5 Å². The molecule has 0 heterocycles. The fraction of sp³-hybridized carbons (Fsp3) is 0.111. The van der Waals surface area contributed by atoms with Crippen LogP contribution in [0.1, 0.15) is 27.0 Å². The maximum absolute atomic E-state index is 12.3. The van der Waals surface area contributed by atoms with Crippen LogP contribution in [-0.4, -0.2) is 19.2 Å². The predicted octanol–water partition coefficient (Wildman–Crippen LogP) is 6.10. The van der Waals surface area contributed by atoms with Gasteiger partial charge >= 0.3 is 0 Å². The number of methoxy groups -OCH3 is 1. The number of nitrogens with one attached hydrogen (secondary N) is 1. The summed E-state index contributed by atoms with van der Waals surface area (Å²) in [6.07, 6.45) is 1.59. The average molecular weight is 550 g/mol. The zero-order chi connectivity index (χ0) is 23.2. The van der Waals surface area contributed by atoms with E-state index in [1.165, 1.54) is 10.8 Å². The molecule has 4 rings (SSSR count). The molecule has 4 aromatic rings. The highest BCUT2D eigenvalue weighted by Gasteiger charge is 2.13. The van der Waals surface area contributed by atoms with Gasteiger partial charge in [0.25, 0.3) is 5.91 Å². The van der Waals surface area contributed by atoms with Crippen LogP contribution in [0.4, 0.5) is 0 Å². The number of hydrogen-bond donors (Lipinski definition) is 1. The number of benzene rings is 4. The van der Waals surface area contributed by atoms with Crippen molar-refractivity contribution < 1.29 is 14.3 Å². The van der Waals surface area contributed by atoms with E-state index in [-0.39, 0.29) is 5.91 Å². The van der Waals surface area contributed by atoms with Crippen LogP contribution in [0.2, 0.25) is 0 Å². The quantitative estimate of drug-likeness (QED) is 0.172. The number of carbonyl (C=O) groups is 1. The van der Waals surface area contributed by atoms with Gasteiger partial charge in [0.2, 0.25) is 0 Å². The van der Waals surface area contributed by atoms with Crippen LogP contribution in [0.25, 0.3) is 10.8 Å². The minimum Gasteiger partial charge on any atom is -0.493 e. The lowest BCUT2D eigenvalue weighted by atomic mass is 10.1. The van der Waals surface area contributed by atoms with Crippen molar-refractivity contribution in [3.63, 3.8) is 0 Å². The van der Waals surface area contributed by atoms with E-state index in [2.05, 4.69) is 57.4 Å². The topological polar surface area (TPSA) is 59.9 Å². The number of halogens is 1. The third-order valence-electron chi connectivity index (χ3n) is 5.27. The zero-order valence-corrected chi connectivity index (χ0v) is 20.5. The summed E-state index contributed by atoms with van der Waals surface area (Å²) in [7, 11) is 1.61. The molecule has 0 aliphatic carbocycles. The number of ether oxygens (including phenoxy) is 2. The molecule has 0 spiro atoms. The van der Waals surface area contributed by atoms with Gasteiger partial charge in [0, 0.05) is 5.56 Å². The number of rotatable bonds is 7. The Morgan fingerprint density at radius 2 is 1.79 bits per heavy atom. The summed E-state index contributed by atoms with van der Waals surface area (Å²) in [4.78, 5) is 12.3. The number of hydrazone groups is 1. The molecule has 0 aliphatic rings. The predicted molar refractivity (Wildman–Crippen MR) is 140 cm³/mol. The van der Waals surface area contributed by atoms with Gasteiger partial charge in [-0.1, -0.05) is 60.7 Å². The van der Waals surface area contributed by atoms with Crippen molar-refractivity contribution in [2.24, 2.45) is 5.10 Å². The minimum absolute atomic E-state index is 0.249. The molecule has 1 amide bonds. The van der Waals surface area contributed by atoms with Gasteiger partial charge < -0.3 is 9.47 Å². The molecule has 0 radical (unpaired) electrons. The number of nitrogens with zero attached hydrogens (tertiary/aromatic N) is 1. The van der Waals surface area contributed by atoms with Gasteiger partial charge in [-0.3, -0.25) is 4.79 Å². The van der Waals surface area contributed by atoms with Gasteiger partial charge in [-0.05, 0) is 75.2 Å². The molecule has 0 unspecified atom stereocenters. The molecule has 0 fully saturated rings. The second-order valence-electron chi connectivity index (χ2n) is 7.48. The highest BCUT2D eigenvalue weighted by molar-refractivity contribution is 14.1. The summed E-state index contributed by atoms with van der Waals surface area (Å²) in [5.74, 6) is 1.03. The molecule has 0 bridgehead atoms. The second kappa shape index (κ2) is 10.5. The van der Waals surface area contributed by atoms with Gasteiger partial charge in [-0.15, -0.1) is 0 Å². The molecule has 6 heteroatoms. The van der Waals surface area contributed by atoms with E-state index >= 15 is 0 Å². The maximum atomic E-state index is 12.3. The number of fused-ring (bicyclic) bond motifs is 1. The lowest BCUT2D eigenvalue weighted by molar-refractivity contribution is 0.0954. The summed E-state index contributed by atoms with van der Waals surface area (Å²) in [6.45, 7) is 2.32. The summed E-state index contributed by atoms with van der Waals surface area (Å²) in [6, 6.07) is 25.6. The Morgan fingerprint density at radius 3 is 2.61 bits per heavy atom. The molecule has 1 N–H and O–H groups in total. The van der Waals surface area contributed by atoms with Gasteiger partial charge in [-0.2, -0.15) is 5.10 Å². The van der Waals surface area contributed by atoms with Gasteiger partial charge in [0.1, 0.15) is 6.61 Å². The zero-order valence-electron chi connectivity index (χ0n) is 18.3. The van der Waals surface area contributed by atoms with Crippen molar-refractivity contribution in [3.8, 4) is 11.5 Å². The largest absolute Gasteiger partial charge is 0.493 e. The number of amides is 1. The smallest absolute Gasteiger partial charge is 0.271 e. The Morgan fingerprint density at radius 1 is 1.03 bits per heavy atom. The molecule has 0 atom stereocenters. The Labute approximate surface area is 206 Å². The number of aryl methyl sites for hydroxylation is 1. The Hall–Kier alpha value is -3.39. The molecule has 33 heavy (non-hydrogen) atoms. The molecular formula is C27H23IN2O3. The molecule has 0 saturated carbocycles. The molecule has 0 aliphatic heterocycles. The lowest BCUT2D eigenvalue weighted by Crippen LogP contribution is -2.18. The highest BCUT2D eigenvalue weighted by Crippen LogP contribution is 2.34. The van der Waals surface area contributed by atoms with Crippen molar-refractivity contribution in [1.29, 1.82) is 0 Å². The maximum Gasteiger partial charge on any atom is 0.271 e. The summed E-state index contributed by atoms with van der Waals surface area (Å²) < 4.78 is 12.6. The monoisotopic (exact) mass is 550 g/mol. The highest BCUT2D eigenvalue weighted by atomic mass is 127. The second-order valence-corrected chi connectivity index (χ2v) is 8.64. The number of hydrogen-bond acceptors (Lipinski definition) is 4. The summed E-state index contributed by atoms with van der Waals surface area (Å²) >= 11 is 2.22. The van der Waals surface area contributed by atoms with E-state index in [0.29, 0.717) is 23.7 Å². The van der Waals surface area contributed by atoms with E-state index in [0.717, 1.165) is 20.3 Å². The van der Waals surface area contributed by atoms with Gasteiger partial charge in [-0.25, -0.2) is 5.43 Å². The number of carbonyl (C=O) groups excluding carboxylic acids is 1. The van der Waals surface area contributed by atoms with Crippen molar-refractivity contribution >= 4 is 45.5 Å². The van der Waals surface area contributed by atoms with Crippen molar-refractivity contribution in [2.75, 3.05) is 7.11 Å². The SMILES string of the molecule is COc1cc(/C=N\NC(=O)c2ccccc2C)cc(I)c1OCc1cccc2ccccc12. The third-order valence-corrected chi connectivity index (χ3v) is 6.07. The fourth-order valence-corrected chi connectivity index (χ4v) is 4.36. The lowest BCUT2D eigenvalue weighted by Gasteiger charge is -2.14. The Balaban J connectivity index is 1.49. The fourth-order valence-electron chi connectivity index (χ4n) is 3.58. The van der Waals surface area contributed by atoms with E-state index in [1.54, 1.807) is 19.4 Å².